The van der Waals surface area contributed by atoms with E-state index in [1.165, 1.54) is 11.3 Å². The maximum Gasteiger partial charge on any atom is 0.174 e. The van der Waals surface area contributed by atoms with Gasteiger partial charge in [0.2, 0.25) is 0 Å². The lowest BCUT2D eigenvalue weighted by Crippen LogP contribution is -2.07. The number of fused-ring (bicyclic) bond motifs is 1. The maximum absolute atomic E-state index is 11.7. The number of aryl methyl sites for hydroxylation is 1. The van der Waals surface area contributed by atoms with Crippen molar-refractivity contribution >= 4 is 17.1 Å². The van der Waals surface area contributed by atoms with Crippen LogP contribution >= 0.6 is 11.3 Å². The molecule has 1 unspecified atom stereocenters. The number of nitrogens with zero attached hydrogens (tertiary/aromatic N) is 1. The Hall–Kier alpha value is -0.740. The zero-order valence-corrected chi connectivity index (χ0v) is 10.6. The van der Waals surface area contributed by atoms with Gasteiger partial charge >= 0.3 is 0 Å². The fourth-order valence-corrected chi connectivity index (χ4v) is 3.22. The molecule has 88 valence electrons. The Morgan fingerprint density at radius 3 is 2.94 bits per heavy atom. The lowest BCUT2D eigenvalue weighted by Gasteiger charge is -2.10. The minimum Gasteiger partial charge on any atom is -0.374 e. The molecule has 0 radical (unpaired) electrons. The van der Waals surface area contributed by atoms with Crippen molar-refractivity contribution in [2.45, 2.75) is 45.1 Å². The molecule has 0 fully saturated rings. The number of hydrogen-bond acceptors (Lipinski definition) is 4. The van der Waals surface area contributed by atoms with E-state index in [1.807, 2.05) is 0 Å². The number of aromatic nitrogens is 1. The van der Waals surface area contributed by atoms with Crippen molar-refractivity contribution in [1.29, 1.82) is 0 Å². The summed E-state index contributed by atoms with van der Waals surface area (Å²) in [5, 5.41) is 0.976. The molecule has 1 heterocycles. The van der Waals surface area contributed by atoms with Gasteiger partial charge in [0.25, 0.3) is 0 Å². The van der Waals surface area contributed by atoms with Crippen LogP contribution in [0.3, 0.4) is 0 Å². The maximum atomic E-state index is 11.7. The average molecular weight is 239 g/mol. The van der Waals surface area contributed by atoms with Crippen LogP contribution in [-0.4, -0.2) is 17.9 Å². The molecule has 1 atom stereocenters. The highest BCUT2D eigenvalue weighted by molar-refractivity contribution is 7.14. The van der Waals surface area contributed by atoms with Crippen LogP contribution in [0.5, 0.6) is 0 Å². The Balaban J connectivity index is 2.26. The van der Waals surface area contributed by atoms with Gasteiger partial charge in [-0.05, 0) is 19.3 Å². The van der Waals surface area contributed by atoms with Crippen LogP contribution in [0.4, 0.5) is 0 Å². The van der Waals surface area contributed by atoms with Gasteiger partial charge in [0.05, 0.1) is 10.6 Å². The van der Waals surface area contributed by atoms with Crippen molar-refractivity contribution in [2.75, 3.05) is 7.11 Å². The number of ether oxygens (including phenoxy) is 1. The summed E-state index contributed by atoms with van der Waals surface area (Å²) in [5.41, 5.74) is 0.995. The number of methoxy groups -OCH3 is 1. The first-order valence-corrected chi connectivity index (χ1v) is 6.63. The van der Waals surface area contributed by atoms with E-state index in [2.05, 4.69) is 11.9 Å². The third kappa shape index (κ3) is 2.18. The molecule has 0 aromatic carbocycles. The molecule has 3 nitrogen and oxygen atoms in total. The first kappa shape index (κ1) is 11.7. The van der Waals surface area contributed by atoms with E-state index in [1.54, 1.807) is 7.11 Å². The second-order valence-electron chi connectivity index (χ2n) is 4.12. The van der Waals surface area contributed by atoms with Crippen molar-refractivity contribution < 1.29 is 9.53 Å². The van der Waals surface area contributed by atoms with Gasteiger partial charge < -0.3 is 4.74 Å². The number of carbonyl (C=O) groups is 1. The van der Waals surface area contributed by atoms with Crippen molar-refractivity contribution in [1.82, 2.24) is 4.98 Å². The standard InChI is InChI=1S/C12H17NO2S/c1-3-5-10(15-2)12-13-8-6-4-7-9(14)11(8)16-12/h10H,3-7H2,1-2H3. The van der Waals surface area contributed by atoms with E-state index in [0.29, 0.717) is 6.42 Å². The molecule has 16 heavy (non-hydrogen) atoms. The number of thiazole rings is 1. The van der Waals surface area contributed by atoms with Crippen LogP contribution in [0.25, 0.3) is 0 Å². The topological polar surface area (TPSA) is 39.2 Å². The number of rotatable bonds is 4. The monoisotopic (exact) mass is 239 g/mol. The predicted molar refractivity (Wildman–Crippen MR) is 64.0 cm³/mol. The Labute approximate surface area is 99.8 Å². The second-order valence-corrected chi connectivity index (χ2v) is 5.15. The van der Waals surface area contributed by atoms with Gasteiger partial charge in [-0.1, -0.05) is 13.3 Å². The lowest BCUT2D eigenvalue weighted by atomic mass is 10.0. The van der Waals surface area contributed by atoms with Gasteiger partial charge in [-0.3, -0.25) is 4.79 Å². The van der Waals surface area contributed by atoms with E-state index in [9.17, 15) is 4.79 Å². The zero-order chi connectivity index (χ0) is 11.5. The average Bonchev–Trinajstić information content (AvgIpc) is 2.71. The molecule has 0 saturated carbocycles. The van der Waals surface area contributed by atoms with E-state index >= 15 is 0 Å². The van der Waals surface area contributed by atoms with Gasteiger partial charge in [-0.25, -0.2) is 4.98 Å². The quantitative estimate of drug-likeness (QED) is 0.810. The Morgan fingerprint density at radius 2 is 2.31 bits per heavy atom. The van der Waals surface area contributed by atoms with Crippen LogP contribution in [0.1, 0.15) is 59.1 Å². The SMILES string of the molecule is CCCC(OC)c1nc2c(s1)C(=O)CCC2. The van der Waals surface area contributed by atoms with Crippen molar-refractivity contribution in [3.63, 3.8) is 0 Å². The molecule has 0 spiro atoms. The molecule has 0 saturated heterocycles. The van der Waals surface area contributed by atoms with E-state index in [-0.39, 0.29) is 11.9 Å². The summed E-state index contributed by atoms with van der Waals surface area (Å²) in [4.78, 5) is 17.1. The van der Waals surface area contributed by atoms with Crippen LogP contribution in [0, 0.1) is 0 Å². The summed E-state index contributed by atoms with van der Waals surface area (Å²) in [7, 11) is 1.71. The van der Waals surface area contributed by atoms with Crippen LogP contribution in [0.15, 0.2) is 0 Å². The highest BCUT2D eigenvalue weighted by Crippen LogP contribution is 2.32. The third-order valence-corrected chi connectivity index (χ3v) is 4.13. The molecule has 1 aliphatic rings. The van der Waals surface area contributed by atoms with Crippen molar-refractivity contribution in [3.8, 4) is 0 Å². The minimum atomic E-state index is 0.0633. The lowest BCUT2D eigenvalue weighted by molar-refractivity contribution is 0.0945. The number of hydrogen-bond donors (Lipinski definition) is 0. The Bertz CT molecular complexity index is 386. The molecule has 4 heteroatoms. The molecule has 1 aromatic rings. The van der Waals surface area contributed by atoms with Crippen molar-refractivity contribution in [2.24, 2.45) is 0 Å². The third-order valence-electron chi connectivity index (χ3n) is 2.90. The van der Waals surface area contributed by atoms with Gasteiger partial charge in [-0.15, -0.1) is 11.3 Å². The number of ketones is 1. The number of carbonyl (C=O) groups excluding carboxylic acids is 1. The van der Waals surface area contributed by atoms with Gasteiger partial charge in [0, 0.05) is 13.5 Å². The number of Topliss-reactive ketones (excluding diaryl/α,β-unsaturated/α-hetero) is 1. The molecule has 1 aromatic heterocycles. The molecule has 0 N–H and O–H groups in total. The first-order valence-electron chi connectivity index (χ1n) is 5.81. The van der Waals surface area contributed by atoms with E-state index in [4.69, 9.17) is 4.74 Å². The van der Waals surface area contributed by atoms with Gasteiger partial charge in [-0.2, -0.15) is 0 Å². The fourth-order valence-electron chi connectivity index (χ4n) is 2.03. The molecular formula is C12H17NO2S. The molecule has 2 rings (SSSR count). The fraction of sp³-hybridized carbons (Fsp3) is 0.667. The summed E-state index contributed by atoms with van der Waals surface area (Å²) in [5.74, 6) is 0.261. The summed E-state index contributed by atoms with van der Waals surface area (Å²) >= 11 is 1.53. The molecular weight excluding hydrogens is 222 g/mol. The van der Waals surface area contributed by atoms with Gasteiger partial charge in [0.1, 0.15) is 11.1 Å². The Morgan fingerprint density at radius 1 is 1.50 bits per heavy atom. The normalized spacial score (nSPS) is 17.2. The molecule has 0 amide bonds. The smallest absolute Gasteiger partial charge is 0.174 e. The molecule has 1 aliphatic carbocycles. The van der Waals surface area contributed by atoms with E-state index in [0.717, 1.165) is 41.3 Å². The largest absolute Gasteiger partial charge is 0.374 e. The van der Waals surface area contributed by atoms with Crippen LogP contribution < -0.4 is 0 Å². The minimum absolute atomic E-state index is 0.0633. The summed E-state index contributed by atoms with van der Waals surface area (Å²) in [6, 6.07) is 0. The second kappa shape index (κ2) is 5.06. The van der Waals surface area contributed by atoms with Crippen molar-refractivity contribution in [3.05, 3.63) is 15.6 Å². The Kier molecular flexibility index (Phi) is 3.71. The highest BCUT2D eigenvalue weighted by Gasteiger charge is 2.24. The highest BCUT2D eigenvalue weighted by atomic mass is 32.1. The first-order chi connectivity index (χ1) is 7.76. The molecule has 0 aliphatic heterocycles. The van der Waals surface area contributed by atoms with Crippen LogP contribution in [0.2, 0.25) is 0 Å². The van der Waals surface area contributed by atoms with E-state index < -0.39 is 0 Å². The van der Waals surface area contributed by atoms with Gasteiger partial charge in [0.15, 0.2) is 5.78 Å². The zero-order valence-electron chi connectivity index (χ0n) is 9.78. The summed E-state index contributed by atoms with van der Waals surface area (Å²) < 4.78 is 5.43. The molecule has 0 bridgehead atoms. The predicted octanol–water partition coefficient (Wildman–Crippen LogP) is 3.15. The van der Waals surface area contributed by atoms with Crippen LogP contribution in [-0.2, 0) is 11.2 Å². The summed E-state index contributed by atoms with van der Waals surface area (Å²) in [6.07, 6.45) is 4.67. The summed E-state index contributed by atoms with van der Waals surface area (Å²) in [6.45, 7) is 2.13.